The first-order chi connectivity index (χ1) is 4.98. The summed E-state index contributed by atoms with van der Waals surface area (Å²) in [5.74, 6) is -2.27. The Morgan fingerprint density at radius 1 is 1.36 bits per heavy atom. The van der Waals surface area contributed by atoms with Crippen LogP contribution in [0.1, 0.15) is 6.42 Å². The first kappa shape index (κ1) is 10.2. The van der Waals surface area contributed by atoms with Gasteiger partial charge in [-0.2, -0.15) is 13.2 Å². The number of hydrogen-bond acceptors (Lipinski definition) is 2. The molecule has 0 aliphatic rings. The van der Waals surface area contributed by atoms with Crippen molar-refractivity contribution >= 4 is 5.97 Å². The molecule has 2 nitrogen and oxygen atoms in total. The maximum absolute atomic E-state index is 11.3. The van der Waals surface area contributed by atoms with Gasteiger partial charge in [-0.25, -0.2) is 4.79 Å². The van der Waals surface area contributed by atoms with Crippen LogP contribution in [-0.4, -0.2) is 25.4 Å². The molecule has 0 aliphatic carbocycles. The van der Waals surface area contributed by atoms with E-state index >= 15 is 0 Å². The molecular weight excluding hydrogens is 168 g/mol. The first-order valence-corrected chi connectivity index (χ1v) is 2.78. The highest BCUT2D eigenvalue weighted by molar-refractivity contribution is 5.75. The third-order valence-corrected chi connectivity index (χ3v) is 0.743. The number of hydrogen-bond donors (Lipinski definition) is 0. The summed E-state index contributed by atoms with van der Waals surface area (Å²) in [6.07, 6.45) is -5.18. The molecule has 0 aromatic carbocycles. The quantitative estimate of drug-likeness (QED) is 0.367. The zero-order valence-electron chi connectivity index (χ0n) is 5.45. The van der Waals surface area contributed by atoms with Crippen molar-refractivity contribution in [1.82, 2.24) is 0 Å². The molecule has 0 saturated heterocycles. The van der Waals surface area contributed by atoms with Crippen LogP contribution in [0.4, 0.5) is 17.6 Å². The van der Waals surface area contributed by atoms with Gasteiger partial charge in [0.05, 0.1) is 13.3 Å². The highest BCUT2D eigenvalue weighted by Gasteiger charge is 2.40. The van der Waals surface area contributed by atoms with Crippen LogP contribution in [0, 0.1) is 0 Å². The molecule has 0 aliphatic heterocycles. The van der Waals surface area contributed by atoms with Crippen LogP contribution in [0.5, 0.6) is 0 Å². The zero-order chi connectivity index (χ0) is 8.91. The van der Waals surface area contributed by atoms with Crippen molar-refractivity contribution in [2.24, 2.45) is 0 Å². The summed E-state index contributed by atoms with van der Waals surface area (Å²) in [5.41, 5.74) is 0. The summed E-state index contributed by atoms with van der Waals surface area (Å²) in [6.45, 7) is -1.33. The largest absolute Gasteiger partial charge is 0.490 e. The smallest absolute Gasteiger partial charge is 0.459 e. The van der Waals surface area contributed by atoms with Crippen molar-refractivity contribution in [2.45, 2.75) is 12.6 Å². The molecule has 11 heavy (non-hydrogen) atoms. The van der Waals surface area contributed by atoms with Crippen LogP contribution < -0.4 is 0 Å². The fraction of sp³-hybridized carbons (Fsp3) is 0.800. The third kappa shape index (κ3) is 4.58. The van der Waals surface area contributed by atoms with Crippen LogP contribution in [-0.2, 0) is 9.53 Å². The molecule has 66 valence electrons. The van der Waals surface area contributed by atoms with E-state index in [1.54, 1.807) is 0 Å². The van der Waals surface area contributed by atoms with Gasteiger partial charge < -0.3 is 4.74 Å². The van der Waals surface area contributed by atoms with E-state index in [9.17, 15) is 22.4 Å². The van der Waals surface area contributed by atoms with E-state index in [-0.39, 0.29) is 6.42 Å². The molecule has 0 radical (unpaired) electrons. The number of halogens is 4. The highest BCUT2D eigenvalue weighted by atomic mass is 19.4. The second-order valence-corrected chi connectivity index (χ2v) is 1.68. The van der Waals surface area contributed by atoms with Gasteiger partial charge in [-0.3, -0.25) is 4.39 Å². The number of esters is 1. The van der Waals surface area contributed by atoms with Gasteiger partial charge in [0, 0.05) is 6.42 Å². The Hall–Kier alpha value is -0.810. The van der Waals surface area contributed by atoms with Crippen LogP contribution in [0.2, 0.25) is 0 Å². The minimum atomic E-state index is -4.98. The lowest BCUT2D eigenvalue weighted by molar-refractivity contribution is -0.199. The Labute approximate surface area is 60.1 Å². The number of carbonyl (C=O) groups excluding carboxylic acids is 1. The SMILES string of the molecule is O=C(OCCCF)C(F)(F)F. The third-order valence-electron chi connectivity index (χ3n) is 0.743. The Morgan fingerprint density at radius 3 is 2.27 bits per heavy atom. The Kier molecular flexibility index (Phi) is 3.84. The number of rotatable bonds is 3. The average molecular weight is 174 g/mol. The lowest BCUT2D eigenvalue weighted by atomic mass is 10.5. The second-order valence-electron chi connectivity index (χ2n) is 1.68. The number of ether oxygens (including phenoxy) is 1. The van der Waals surface area contributed by atoms with Gasteiger partial charge in [0.15, 0.2) is 0 Å². The van der Waals surface area contributed by atoms with E-state index in [4.69, 9.17) is 0 Å². The summed E-state index contributed by atoms with van der Waals surface area (Å²) in [6, 6.07) is 0. The van der Waals surface area contributed by atoms with Gasteiger partial charge in [0.25, 0.3) is 0 Å². The summed E-state index contributed by atoms with van der Waals surface area (Å²) in [7, 11) is 0. The Morgan fingerprint density at radius 2 is 1.91 bits per heavy atom. The maximum Gasteiger partial charge on any atom is 0.490 e. The van der Waals surface area contributed by atoms with E-state index < -0.39 is 25.4 Å². The molecular formula is C5H6F4O2. The minimum Gasteiger partial charge on any atom is -0.459 e. The molecule has 6 heteroatoms. The standard InChI is InChI=1S/C5H6F4O2/c6-2-1-3-11-4(10)5(7,8)9/h1-3H2. The summed E-state index contributed by atoms with van der Waals surface area (Å²) >= 11 is 0. The lowest BCUT2D eigenvalue weighted by Crippen LogP contribution is -2.25. The number of carbonyl (C=O) groups is 1. The monoisotopic (exact) mass is 174 g/mol. The fourth-order valence-corrected chi connectivity index (χ4v) is 0.301. The molecule has 0 atom stereocenters. The highest BCUT2D eigenvalue weighted by Crippen LogP contribution is 2.16. The van der Waals surface area contributed by atoms with Crippen LogP contribution in [0.25, 0.3) is 0 Å². The van der Waals surface area contributed by atoms with Gasteiger partial charge in [-0.1, -0.05) is 0 Å². The fourth-order valence-electron chi connectivity index (χ4n) is 0.301. The second kappa shape index (κ2) is 4.15. The van der Waals surface area contributed by atoms with Crippen molar-refractivity contribution in [1.29, 1.82) is 0 Å². The van der Waals surface area contributed by atoms with E-state index in [0.717, 1.165) is 0 Å². The van der Waals surface area contributed by atoms with Gasteiger partial charge in [0.2, 0.25) is 0 Å². The maximum atomic E-state index is 11.3. The summed E-state index contributed by atoms with van der Waals surface area (Å²) in [5, 5.41) is 0. The molecule has 0 aromatic heterocycles. The van der Waals surface area contributed by atoms with Crippen molar-refractivity contribution in [3.63, 3.8) is 0 Å². The van der Waals surface area contributed by atoms with Crippen molar-refractivity contribution in [3.05, 3.63) is 0 Å². The predicted octanol–water partition coefficient (Wildman–Crippen LogP) is 1.45. The van der Waals surface area contributed by atoms with Crippen molar-refractivity contribution < 1.29 is 27.1 Å². The predicted molar refractivity (Wildman–Crippen MR) is 27.6 cm³/mol. The van der Waals surface area contributed by atoms with E-state index in [2.05, 4.69) is 4.74 Å². The zero-order valence-corrected chi connectivity index (χ0v) is 5.45. The molecule has 0 amide bonds. The molecule has 0 saturated carbocycles. The van der Waals surface area contributed by atoms with Crippen molar-refractivity contribution in [2.75, 3.05) is 13.3 Å². The normalized spacial score (nSPS) is 11.3. The van der Waals surface area contributed by atoms with E-state index in [0.29, 0.717) is 0 Å². The van der Waals surface area contributed by atoms with Gasteiger partial charge in [-0.15, -0.1) is 0 Å². The molecule has 0 N–H and O–H groups in total. The molecule has 0 unspecified atom stereocenters. The van der Waals surface area contributed by atoms with Crippen LogP contribution in [0.3, 0.4) is 0 Å². The topological polar surface area (TPSA) is 26.3 Å². The first-order valence-electron chi connectivity index (χ1n) is 2.78. The van der Waals surface area contributed by atoms with E-state index in [1.165, 1.54) is 0 Å². The van der Waals surface area contributed by atoms with Crippen LogP contribution >= 0.6 is 0 Å². The molecule has 0 heterocycles. The van der Waals surface area contributed by atoms with E-state index in [1.807, 2.05) is 0 Å². The van der Waals surface area contributed by atoms with Crippen LogP contribution in [0.15, 0.2) is 0 Å². The van der Waals surface area contributed by atoms with Gasteiger partial charge >= 0.3 is 12.1 Å². The molecule has 0 spiro atoms. The molecule has 0 aromatic rings. The molecule has 0 bridgehead atoms. The van der Waals surface area contributed by atoms with Gasteiger partial charge in [0.1, 0.15) is 0 Å². The Balaban J connectivity index is 3.54. The molecule has 0 rings (SSSR count). The summed E-state index contributed by atoms with van der Waals surface area (Å²) in [4.78, 5) is 9.87. The van der Waals surface area contributed by atoms with Crippen molar-refractivity contribution in [3.8, 4) is 0 Å². The molecule has 0 fully saturated rings. The minimum absolute atomic E-state index is 0.207. The summed E-state index contributed by atoms with van der Waals surface area (Å²) < 4.78 is 48.8. The average Bonchev–Trinajstić information content (AvgIpc) is 1.86. The lowest BCUT2D eigenvalue weighted by Gasteiger charge is -2.04. The Bertz CT molecular complexity index is 131. The number of alkyl halides is 4. The van der Waals surface area contributed by atoms with Gasteiger partial charge in [-0.05, 0) is 0 Å².